The second kappa shape index (κ2) is 11.4. The van der Waals surface area contributed by atoms with Gasteiger partial charge in [0.05, 0.1) is 17.2 Å². The number of nitrogens with one attached hydrogen (secondary N) is 1. The number of carboxylic acids is 1. The molecule has 0 amide bonds. The molecule has 4 aromatic rings. The third kappa shape index (κ3) is 5.71. The van der Waals surface area contributed by atoms with E-state index in [0.29, 0.717) is 13.2 Å². The molecule has 6 heteroatoms. The van der Waals surface area contributed by atoms with Crippen LogP contribution in [0.4, 0.5) is 0 Å². The molecule has 1 unspecified atom stereocenters. The van der Waals surface area contributed by atoms with Crippen LogP contribution in [0.3, 0.4) is 0 Å². The fraction of sp³-hybridized carbons (Fsp3) is 0.179. The van der Waals surface area contributed by atoms with Gasteiger partial charge in [-0.2, -0.15) is 0 Å². The average molecular weight is 496 g/mol. The minimum absolute atomic E-state index is 0. The summed E-state index contributed by atoms with van der Waals surface area (Å²) in [4.78, 5) is 11.6. The van der Waals surface area contributed by atoms with E-state index in [1.165, 1.54) is 0 Å². The van der Waals surface area contributed by atoms with Gasteiger partial charge in [-0.05, 0) is 83.3 Å². The Hall–Kier alpha value is -3.05. The lowest BCUT2D eigenvalue weighted by atomic mass is 9.94. The molecular weight excluding hydrogens is 469 g/mol. The second-order valence-corrected chi connectivity index (χ2v) is 8.38. The van der Waals surface area contributed by atoms with E-state index in [2.05, 4.69) is 48.6 Å². The number of aromatic carboxylic acids is 1. The first-order chi connectivity index (χ1) is 16.0. The Bertz CT molecular complexity index is 1310. The van der Waals surface area contributed by atoms with Crippen molar-refractivity contribution in [3.8, 4) is 16.9 Å². The van der Waals surface area contributed by atoms with E-state index in [4.69, 9.17) is 16.3 Å². The first-order valence-corrected chi connectivity index (χ1v) is 11.3. The standard InChI is InChI=1S/C28H26ClNO3.ClH/c1-3-33-23-9-6-8-20(15-23)18(2)30-17-19-13-21-7-4-5-10-24(21)25(14-19)22-11-12-27(29)26(16-22)28(31)32;/h4-16,18,30H,3,17H2,1-2H3,(H,31,32);1H. The van der Waals surface area contributed by atoms with E-state index in [0.717, 1.165) is 38.8 Å². The van der Waals surface area contributed by atoms with E-state index in [1.807, 2.05) is 37.3 Å². The Morgan fingerprint density at radius 2 is 1.82 bits per heavy atom. The molecule has 2 N–H and O–H groups in total. The average Bonchev–Trinajstić information content (AvgIpc) is 2.82. The summed E-state index contributed by atoms with van der Waals surface area (Å²) in [6.45, 7) is 5.41. The van der Waals surface area contributed by atoms with E-state index >= 15 is 0 Å². The summed E-state index contributed by atoms with van der Waals surface area (Å²) in [5.74, 6) is -0.166. The van der Waals surface area contributed by atoms with Gasteiger partial charge >= 0.3 is 5.97 Å². The number of carboxylic acid groups (broad SMARTS) is 1. The van der Waals surface area contributed by atoms with Gasteiger partial charge in [-0.15, -0.1) is 12.4 Å². The molecule has 0 aliphatic carbocycles. The van der Waals surface area contributed by atoms with Gasteiger partial charge in [-0.3, -0.25) is 0 Å². The number of halogens is 2. The number of hydrogen-bond acceptors (Lipinski definition) is 3. The SMILES string of the molecule is CCOc1cccc(C(C)NCc2cc(-c3ccc(Cl)c(C(=O)O)c3)c3ccccc3c2)c1.Cl. The Morgan fingerprint density at radius 1 is 1.03 bits per heavy atom. The van der Waals surface area contributed by atoms with Crippen molar-refractivity contribution in [1.29, 1.82) is 0 Å². The molecule has 176 valence electrons. The highest BCUT2D eigenvalue weighted by molar-refractivity contribution is 6.33. The molecule has 0 aliphatic rings. The molecule has 34 heavy (non-hydrogen) atoms. The highest BCUT2D eigenvalue weighted by Crippen LogP contribution is 2.33. The van der Waals surface area contributed by atoms with Gasteiger partial charge in [-0.1, -0.05) is 54.1 Å². The zero-order valence-corrected chi connectivity index (χ0v) is 20.6. The van der Waals surface area contributed by atoms with Crippen LogP contribution in [0.1, 0.15) is 41.4 Å². The van der Waals surface area contributed by atoms with Crippen LogP contribution < -0.4 is 10.1 Å². The number of hydrogen-bond donors (Lipinski definition) is 2. The van der Waals surface area contributed by atoms with Crippen molar-refractivity contribution >= 4 is 40.7 Å². The van der Waals surface area contributed by atoms with Gasteiger partial charge in [0.15, 0.2) is 0 Å². The van der Waals surface area contributed by atoms with Crippen molar-refractivity contribution in [3.63, 3.8) is 0 Å². The topological polar surface area (TPSA) is 58.6 Å². The van der Waals surface area contributed by atoms with Gasteiger partial charge in [0, 0.05) is 12.6 Å². The number of carbonyl (C=O) groups is 1. The Kier molecular flexibility index (Phi) is 8.56. The molecule has 0 radical (unpaired) electrons. The number of ether oxygens (including phenoxy) is 1. The summed E-state index contributed by atoms with van der Waals surface area (Å²) < 4.78 is 5.63. The van der Waals surface area contributed by atoms with Gasteiger partial charge in [0.1, 0.15) is 5.75 Å². The van der Waals surface area contributed by atoms with Crippen molar-refractivity contribution in [3.05, 3.63) is 101 Å². The monoisotopic (exact) mass is 495 g/mol. The molecular formula is C28H27Cl2NO3. The van der Waals surface area contributed by atoms with Crippen molar-refractivity contribution in [1.82, 2.24) is 5.32 Å². The summed E-state index contributed by atoms with van der Waals surface area (Å²) in [7, 11) is 0. The summed E-state index contributed by atoms with van der Waals surface area (Å²) >= 11 is 6.10. The van der Waals surface area contributed by atoms with Crippen molar-refractivity contribution < 1.29 is 14.6 Å². The van der Waals surface area contributed by atoms with E-state index < -0.39 is 5.97 Å². The van der Waals surface area contributed by atoms with Crippen molar-refractivity contribution in [2.45, 2.75) is 26.4 Å². The summed E-state index contributed by atoms with van der Waals surface area (Å²) in [6, 6.07) is 25.8. The Morgan fingerprint density at radius 3 is 2.59 bits per heavy atom. The quantitative estimate of drug-likeness (QED) is 0.265. The molecule has 0 bridgehead atoms. The minimum Gasteiger partial charge on any atom is -0.494 e. The minimum atomic E-state index is -1.04. The fourth-order valence-corrected chi connectivity index (χ4v) is 4.20. The zero-order chi connectivity index (χ0) is 23.4. The molecule has 0 fully saturated rings. The number of benzene rings is 4. The van der Waals surface area contributed by atoms with E-state index in [9.17, 15) is 9.90 Å². The first kappa shape index (κ1) is 25.6. The fourth-order valence-electron chi connectivity index (χ4n) is 4.00. The van der Waals surface area contributed by atoms with Crippen molar-refractivity contribution in [2.24, 2.45) is 0 Å². The van der Waals surface area contributed by atoms with Crippen LogP contribution in [0.25, 0.3) is 21.9 Å². The van der Waals surface area contributed by atoms with Crippen LogP contribution in [0, 0.1) is 0 Å². The summed E-state index contributed by atoms with van der Waals surface area (Å²) in [5, 5.41) is 15.5. The molecule has 0 saturated carbocycles. The smallest absolute Gasteiger partial charge is 0.337 e. The molecule has 0 spiro atoms. The summed E-state index contributed by atoms with van der Waals surface area (Å²) in [6.07, 6.45) is 0. The van der Waals surface area contributed by atoms with E-state index in [1.54, 1.807) is 12.1 Å². The van der Waals surface area contributed by atoms with Gasteiger partial charge in [0.2, 0.25) is 0 Å². The molecule has 4 aromatic carbocycles. The largest absolute Gasteiger partial charge is 0.494 e. The number of fused-ring (bicyclic) bond motifs is 1. The van der Waals surface area contributed by atoms with Crippen LogP contribution in [0.2, 0.25) is 5.02 Å². The molecule has 4 nitrogen and oxygen atoms in total. The highest BCUT2D eigenvalue weighted by atomic mass is 35.5. The lowest BCUT2D eigenvalue weighted by molar-refractivity contribution is 0.0697. The van der Waals surface area contributed by atoms with Gasteiger partial charge in [0.25, 0.3) is 0 Å². The predicted molar refractivity (Wildman–Crippen MR) is 141 cm³/mol. The molecule has 0 aromatic heterocycles. The lowest BCUT2D eigenvalue weighted by Gasteiger charge is -2.17. The molecule has 1 atom stereocenters. The van der Waals surface area contributed by atoms with Crippen LogP contribution in [-0.2, 0) is 6.54 Å². The van der Waals surface area contributed by atoms with Crippen LogP contribution in [0.5, 0.6) is 5.75 Å². The molecule has 0 heterocycles. The Balaban J connectivity index is 0.00000324. The van der Waals surface area contributed by atoms with Gasteiger partial charge in [-0.25, -0.2) is 4.79 Å². The molecule has 0 saturated heterocycles. The Labute approximate surface area is 210 Å². The predicted octanol–water partition coefficient (Wildman–Crippen LogP) is 7.53. The highest BCUT2D eigenvalue weighted by Gasteiger charge is 2.13. The second-order valence-electron chi connectivity index (χ2n) is 7.97. The maximum absolute atomic E-state index is 11.6. The normalized spacial score (nSPS) is 11.6. The van der Waals surface area contributed by atoms with Crippen LogP contribution >= 0.6 is 24.0 Å². The third-order valence-corrected chi connectivity index (χ3v) is 6.04. The maximum Gasteiger partial charge on any atom is 0.337 e. The van der Waals surface area contributed by atoms with Gasteiger partial charge < -0.3 is 15.2 Å². The van der Waals surface area contributed by atoms with Crippen LogP contribution in [0.15, 0.2) is 78.9 Å². The molecule has 0 aliphatic heterocycles. The summed E-state index contributed by atoms with van der Waals surface area (Å²) in [5.41, 5.74) is 4.18. The molecule has 4 rings (SSSR count). The lowest BCUT2D eigenvalue weighted by Crippen LogP contribution is -2.18. The van der Waals surface area contributed by atoms with Crippen molar-refractivity contribution in [2.75, 3.05) is 6.61 Å². The van der Waals surface area contributed by atoms with E-state index in [-0.39, 0.29) is 29.0 Å². The number of rotatable bonds is 8. The first-order valence-electron chi connectivity index (χ1n) is 11.0. The van der Waals surface area contributed by atoms with Crippen LogP contribution in [-0.4, -0.2) is 17.7 Å². The zero-order valence-electron chi connectivity index (χ0n) is 19.0. The maximum atomic E-state index is 11.6. The third-order valence-electron chi connectivity index (χ3n) is 5.71.